The van der Waals surface area contributed by atoms with Crippen molar-refractivity contribution in [2.24, 2.45) is 69.0 Å². The van der Waals surface area contributed by atoms with E-state index in [2.05, 4.69) is 39.8 Å². The van der Waals surface area contributed by atoms with Gasteiger partial charge in [0.25, 0.3) is 0 Å². The van der Waals surface area contributed by atoms with Crippen LogP contribution in [-0.2, 0) is 28.7 Å². The molecule has 6 nitrogen and oxygen atoms in total. The highest BCUT2D eigenvalue weighted by molar-refractivity contribution is 8.77. The molecule has 0 N–H and O–H groups in total. The van der Waals surface area contributed by atoms with Crippen molar-refractivity contribution in [3.63, 3.8) is 0 Å². The molecule has 0 spiro atoms. The number of ether oxygens (including phenoxy) is 2. The van der Waals surface area contributed by atoms with E-state index in [1.165, 1.54) is 37.8 Å². The molecule has 6 fully saturated rings. The number of esters is 2. The largest absolute Gasteiger partial charge is 0.462 e. The lowest BCUT2D eigenvalue weighted by Gasteiger charge is -2.58. The Kier molecular flexibility index (Phi) is 10.2. The number of Topliss-reactive ketones (excluding diaryl/α,β-unsaturated/α-hetero) is 2. The number of hydrogen-bond donors (Lipinski definition) is 0. The van der Waals surface area contributed by atoms with E-state index < -0.39 is 0 Å². The SMILES string of the molecule is CC(=O)O[C@@H]1CC[C@@]2(C)C(=CC[C@H]3[C@H]4C[C@@H](SS[C@H]5C[C@@H]6[C@@H]7CC=C8C[C@H](OC(C)=O)CC[C@@]8(C)[C@H]7CC[C@@]6(C)[C@@H]5C(C)=O)[C@@H](C(C)=O)[C@@]4(C)CC[C@H]32)C1. The van der Waals surface area contributed by atoms with Gasteiger partial charge >= 0.3 is 11.9 Å². The van der Waals surface area contributed by atoms with Crippen LogP contribution in [0.3, 0.4) is 0 Å². The Bertz CT molecular complexity index is 1520. The van der Waals surface area contributed by atoms with Crippen molar-refractivity contribution in [1.29, 1.82) is 0 Å². The summed E-state index contributed by atoms with van der Waals surface area (Å²) in [5, 5.41) is 0.558. The zero-order valence-electron chi connectivity index (χ0n) is 34.2. The fourth-order valence-corrected chi connectivity index (χ4v) is 19.8. The van der Waals surface area contributed by atoms with Crippen LogP contribution < -0.4 is 0 Å². The van der Waals surface area contributed by atoms with Crippen LogP contribution in [0.1, 0.15) is 145 Å². The quantitative estimate of drug-likeness (QED) is 0.143. The third-order valence-corrected chi connectivity index (χ3v) is 21.3. The Balaban J connectivity index is 0.995. The summed E-state index contributed by atoms with van der Waals surface area (Å²) in [6.45, 7) is 16.7. The number of allylic oxidation sites excluding steroid dienone is 2. The van der Waals surface area contributed by atoms with Crippen LogP contribution in [0.15, 0.2) is 23.3 Å². The summed E-state index contributed by atoms with van der Waals surface area (Å²) in [6.07, 6.45) is 19.8. The zero-order valence-corrected chi connectivity index (χ0v) is 35.9. The molecular formula is C46H66O6S2. The summed E-state index contributed by atoms with van der Waals surface area (Å²) >= 11 is 0. The van der Waals surface area contributed by atoms with Crippen molar-refractivity contribution in [1.82, 2.24) is 0 Å². The molecule has 8 rings (SSSR count). The van der Waals surface area contributed by atoms with E-state index in [9.17, 15) is 19.2 Å². The van der Waals surface area contributed by atoms with Gasteiger partial charge in [-0.05, 0) is 148 Å². The molecule has 6 saturated carbocycles. The highest BCUT2D eigenvalue weighted by Gasteiger charge is 2.65. The van der Waals surface area contributed by atoms with Gasteiger partial charge in [-0.1, -0.05) is 72.6 Å². The van der Waals surface area contributed by atoms with E-state index in [4.69, 9.17) is 9.47 Å². The average molecular weight is 779 g/mol. The van der Waals surface area contributed by atoms with E-state index in [1.807, 2.05) is 35.4 Å². The van der Waals surface area contributed by atoms with Gasteiger partial charge in [0.15, 0.2) is 0 Å². The van der Waals surface area contributed by atoms with Crippen molar-refractivity contribution >= 4 is 45.1 Å². The number of ketones is 2. The maximum atomic E-state index is 13.7. The summed E-state index contributed by atoms with van der Waals surface area (Å²) in [6, 6.07) is 0. The first-order chi connectivity index (χ1) is 25.5. The van der Waals surface area contributed by atoms with Crippen LogP contribution in [-0.4, -0.2) is 46.2 Å². The maximum Gasteiger partial charge on any atom is 0.302 e. The van der Waals surface area contributed by atoms with Crippen molar-refractivity contribution in [2.45, 2.75) is 168 Å². The van der Waals surface area contributed by atoms with Crippen LogP contribution >= 0.6 is 21.6 Å². The fourth-order valence-electron chi connectivity index (χ4n) is 15.7. The number of hydrogen-bond acceptors (Lipinski definition) is 8. The van der Waals surface area contributed by atoms with Gasteiger partial charge in [-0.3, -0.25) is 19.2 Å². The predicted molar refractivity (Wildman–Crippen MR) is 216 cm³/mol. The molecule has 16 atom stereocenters. The Morgan fingerprint density at radius 3 is 1.31 bits per heavy atom. The van der Waals surface area contributed by atoms with Crippen LogP contribution in [0, 0.1) is 69.0 Å². The third kappa shape index (κ3) is 6.17. The lowest BCUT2D eigenvalue weighted by molar-refractivity contribution is -0.149. The molecule has 0 aromatic carbocycles. The topological polar surface area (TPSA) is 86.7 Å². The van der Waals surface area contributed by atoms with Gasteiger partial charge in [-0.15, -0.1) is 0 Å². The van der Waals surface area contributed by atoms with Crippen LogP contribution in [0.4, 0.5) is 0 Å². The average Bonchev–Trinajstić information content (AvgIpc) is 3.57. The van der Waals surface area contributed by atoms with Crippen molar-refractivity contribution in [2.75, 3.05) is 0 Å². The second kappa shape index (κ2) is 14.1. The smallest absolute Gasteiger partial charge is 0.302 e. The molecule has 0 amide bonds. The third-order valence-electron chi connectivity index (χ3n) is 18.0. The molecule has 0 aromatic rings. The van der Waals surface area contributed by atoms with E-state index in [1.54, 1.807) is 0 Å². The molecule has 0 aromatic heterocycles. The van der Waals surface area contributed by atoms with Crippen molar-refractivity contribution in [3.05, 3.63) is 23.3 Å². The van der Waals surface area contributed by atoms with Gasteiger partial charge in [0.2, 0.25) is 0 Å². The van der Waals surface area contributed by atoms with Crippen LogP contribution in [0.25, 0.3) is 0 Å². The normalized spacial score (nSPS) is 49.0. The Hall–Kier alpha value is -1.54. The minimum atomic E-state index is -0.173. The number of carbonyl (C=O) groups excluding carboxylic acids is 4. The molecule has 8 aliphatic rings. The summed E-state index contributed by atoms with van der Waals surface area (Å²) in [7, 11) is 3.99. The molecule has 8 heteroatoms. The number of fused-ring (bicyclic) bond motifs is 10. The molecule has 0 unspecified atom stereocenters. The molecule has 0 radical (unpaired) electrons. The summed E-state index contributed by atoms with van der Waals surface area (Å²) in [4.78, 5) is 51.0. The van der Waals surface area contributed by atoms with Gasteiger partial charge in [-0.25, -0.2) is 0 Å². The number of carbonyl (C=O) groups is 4. The molecule has 0 aliphatic heterocycles. The Morgan fingerprint density at radius 2 is 0.963 bits per heavy atom. The standard InChI is InChI=1S/C46H66O6S2/c1-25(47)41-39(23-37-33-11-9-29-21-31(51-27(3)49)13-17-43(29,5)35(33)15-19-45(37,41)7)53-54-40-24-38-34-12-10-30-22-32(52-28(4)50)14-18-44(30,6)36(34)16-20-46(38,8)42(40)26(2)48/h9-10,31-42H,11-24H2,1-8H3/t31-,32-,33-,34-,35-,36+,37-,38-,39-,40+,41-,42-,43+,44-,45+,46-/m1/s1. The highest BCUT2D eigenvalue weighted by Crippen LogP contribution is 2.71. The van der Waals surface area contributed by atoms with Gasteiger partial charge in [0.1, 0.15) is 23.8 Å². The molecule has 54 heavy (non-hydrogen) atoms. The number of rotatable bonds is 7. The molecule has 0 heterocycles. The van der Waals surface area contributed by atoms with Crippen molar-refractivity contribution in [3.8, 4) is 0 Å². The highest BCUT2D eigenvalue weighted by atomic mass is 33.1. The van der Waals surface area contributed by atoms with Gasteiger partial charge < -0.3 is 9.47 Å². The Morgan fingerprint density at radius 1 is 0.574 bits per heavy atom. The monoisotopic (exact) mass is 778 g/mol. The second-order valence-corrected chi connectivity index (χ2v) is 23.2. The van der Waals surface area contributed by atoms with Crippen LogP contribution in [0.2, 0.25) is 0 Å². The van der Waals surface area contributed by atoms with E-state index in [0.717, 1.165) is 77.0 Å². The first-order valence-corrected chi connectivity index (χ1v) is 23.8. The van der Waals surface area contributed by atoms with Gasteiger partial charge in [0, 0.05) is 49.0 Å². The molecular weight excluding hydrogens is 713 g/mol. The van der Waals surface area contributed by atoms with Gasteiger partial charge in [-0.2, -0.15) is 0 Å². The fraction of sp³-hybridized carbons (Fsp3) is 0.826. The minimum Gasteiger partial charge on any atom is -0.462 e. The molecule has 0 bridgehead atoms. The van der Waals surface area contributed by atoms with Gasteiger partial charge in [0.05, 0.1) is 0 Å². The second-order valence-electron chi connectivity index (χ2n) is 20.5. The summed E-state index contributed by atoms with van der Waals surface area (Å²) < 4.78 is 11.4. The summed E-state index contributed by atoms with van der Waals surface area (Å²) in [5.74, 6) is 3.95. The lowest BCUT2D eigenvalue weighted by atomic mass is 9.47. The predicted octanol–water partition coefficient (Wildman–Crippen LogP) is 10.5. The Labute approximate surface area is 332 Å². The molecule has 0 saturated heterocycles. The first-order valence-electron chi connectivity index (χ1n) is 21.6. The van der Waals surface area contributed by atoms with E-state index in [-0.39, 0.29) is 68.1 Å². The molecule has 8 aliphatic carbocycles. The van der Waals surface area contributed by atoms with Crippen molar-refractivity contribution < 1.29 is 28.7 Å². The van der Waals surface area contributed by atoms with E-state index >= 15 is 0 Å². The van der Waals surface area contributed by atoms with Crippen LogP contribution in [0.5, 0.6) is 0 Å². The molecule has 298 valence electrons. The lowest BCUT2D eigenvalue weighted by Crippen LogP contribution is -2.51. The maximum absolute atomic E-state index is 13.7. The van der Waals surface area contributed by atoms with E-state index in [0.29, 0.717) is 47.1 Å². The first kappa shape index (κ1) is 39.3. The summed E-state index contributed by atoms with van der Waals surface area (Å²) in [5.41, 5.74) is 3.36. The minimum absolute atomic E-state index is 0.00821. The zero-order chi connectivity index (χ0) is 38.5.